The summed E-state index contributed by atoms with van der Waals surface area (Å²) in [6, 6.07) is 10.8. The maximum atomic E-state index is 2.38. The van der Waals surface area contributed by atoms with Crippen LogP contribution in [0, 0.1) is 5.41 Å². The molecule has 0 heteroatoms. The van der Waals surface area contributed by atoms with Crippen LogP contribution in [-0.2, 0) is 6.42 Å². The van der Waals surface area contributed by atoms with E-state index in [2.05, 4.69) is 63.3 Å². The minimum Gasteiger partial charge on any atom is -0.0916 e. The predicted octanol–water partition coefficient (Wildman–Crippen LogP) is 4.61. The van der Waals surface area contributed by atoms with Crippen molar-refractivity contribution in [3.8, 4) is 0 Å². The molecule has 1 aromatic rings. The second-order valence-corrected chi connectivity index (χ2v) is 4.60. The summed E-state index contributed by atoms with van der Waals surface area (Å²) in [7, 11) is 0. The highest BCUT2D eigenvalue weighted by Crippen LogP contribution is 2.30. The van der Waals surface area contributed by atoms with E-state index in [4.69, 9.17) is 0 Å². The molecular formula is C15H22. The van der Waals surface area contributed by atoms with Gasteiger partial charge in [0.2, 0.25) is 0 Å². The van der Waals surface area contributed by atoms with Gasteiger partial charge in [0.1, 0.15) is 0 Å². The molecule has 0 fully saturated rings. The fourth-order valence-corrected chi connectivity index (χ4v) is 1.83. The molecule has 1 aromatic carbocycles. The maximum absolute atomic E-state index is 2.38. The van der Waals surface area contributed by atoms with Crippen molar-refractivity contribution in [1.29, 1.82) is 0 Å². The van der Waals surface area contributed by atoms with Crippen LogP contribution in [0.3, 0.4) is 0 Å². The van der Waals surface area contributed by atoms with Gasteiger partial charge in [-0.25, -0.2) is 0 Å². The maximum Gasteiger partial charge on any atom is -0.0222 e. The van der Waals surface area contributed by atoms with Gasteiger partial charge in [-0.2, -0.15) is 0 Å². The van der Waals surface area contributed by atoms with Crippen LogP contribution < -0.4 is 0 Å². The Morgan fingerprint density at radius 1 is 1.20 bits per heavy atom. The van der Waals surface area contributed by atoms with E-state index in [1.807, 2.05) is 0 Å². The van der Waals surface area contributed by atoms with Gasteiger partial charge in [-0.1, -0.05) is 62.8 Å². The molecule has 0 aliphatic carbocycles. The Bertz CT molecular complexity index is 297. The van der Waals surface area contributed by atoms with E-state index < -0.39 is 0 Å². The van der Waals surface area contributed by atoms with Gasteiger partial charge in [-0.3, -0.25) is 0 Å². The van der Waals surface area contributed by atoms with Crippen LogP contribution in [0.2, 0.25) is 0 Å². The Hall–Kier alpha value is -1.04. The Morgan fingerprint density at radius 3 is 2.40 bits per heavy atom. The number of rotatable bonds is 5. The molecule has 0 amide bonds. The quantitative estimate of drug-likeness (QED) is 0.612. The molecule has 0 nitrogen and oxygen atoms in total. The molecule has 0 saturated heterocycles. The standard InChI is InChI=1S/C15H22/c1-4-6-12-15(3,5-2)13-14-10-8-7-9-11-14/h4,6-11H,5,12-13H2,1-3H3/b6-4-. The molecule has 0 aliphatic rings. The Balaban J connectivity index is 2.67. The first-order valence-electron chi connectivity index (χ1n) is 5.85. The molecule has 0 spiro atoms. The number of allylic oxidation sites excluding steroid dienone is 2. The Kier molecular flexibility index (Phi) is 4.61. The highest BCUT2D eigenvalue weighted by molar-refractivity contribution is 5.16. The molecule has 0 aliphatic heterocycles. The molecular weight excluding hydrogens is 180 g/mol. The van der Waals surface area contributed by atoms with Gasteiger partial charge in [0.25, 0.3) is 0 Å². The van der Waals surface area contributed by atoms with E-state index >= 15 is 0 Å². The van der Waals surface area contributed by atoms with Gasteiger partial charge in [-0.15, -0.1) is 0 Å². The van der Waals surface area contributed by atoms with Crippen molar-refractivity contribution in [2.24, 2.45) is 5.41 Å². The molecule has 0 aromatic heterocycles. The predicted molar refractivity (Wildman–Crippen MR) is 68.0 cm³/mol. The van der Waals surface area contributed by atoms with Gasteiger partial charge in [0.15, 0.2) is 0 Å². The molecule has 1 rings (SSSR count). The number of hydrogen-bond donors (Lipinski definition) is 0. The topological polar surface area (TPSA) is 0 Å². The number of benzene rings is 1. The highest BCUT2D eigenvalue weighted by atomic mass is 14.2. The fourth-order valence-electron chi connectivity index (χ4n) is 1.83. The molecule has 15 heavy (non-hydrogen) atoms. The third kappa shape index (κ3) is 3.91. The van der Waals surface area contributed by atoms with E-state index in [1.165, 1.54) is 24.8 Å². The molecule has 1 atom stereocenters. The zero-order valence-electron chi connectivity index (χ0n) is 10.2. The molecule has 0 radical (unpaired) electrons. The monoisotopic (exact) mass is 202 g/mol. The SMILES string of the molecule is C/C=C\CC(C)(CC)Cc1ccccc1. The lowest BCUT2D eigenvalue weighted by Gasteiger charge is -2.27. The molecule has 0 N–H and O–H groups in total. The summed E-state index contributed by atoms with van der Waals surface area (Å²) in [5.74, 6) is 0. The summed E-state index contributed by atoms with van der Waals surface area (Å²) in [6.07, 6.45) is 8.02. The summed E-state index contributed by atoms with van der Waals surface area (Å²) >= 11 is 0. The molecule has 82 valence electrons. The van der Waals surface area contributed by atoms with Crippen LogP contribution in [0.25, 0.3) is 0 Å². The molecule has 0 heterocycles. The first kappa shape index (κ1) is 12.0. The zero-order chi connectivity index (χ0) is 11.1. The van der Waals surface area contributed by atoms with E-state index in [0.29, 0.717) is 5.41 Å². The van der Waals surface area contributed by atoms with Gasteiger partial charge in [-0.05, 0) is 30.7 Å². The normalized spacial score (nSPS) is 15.4. The summed E-state index contributed by atoms with van der Waals surface area (Å²) in [4.78, 5) is 0. The van der Waals surface area contributed by atoms with Crippen molar-refractivity contribution >= 4 is 0 Å². The van der Waals surface area contributed by atoms with Crippen molar-refractivity contribution in [3.63, 3.8) is 0 Å². The highest BCUT2D eigenvalue weighted by Gasteiger charge is 2.20. The fraction of sp³-hybridized carbons (Fsp3) is 0.467. The van der Waals surface area contributed by atoms with Gasteiger partial charge in [0.05, 0.1) is 0 Å². The van der Waals surface area contributed by atoms with Crippen molar-refractivity contribution in [2.45, 2.75) is 40.0 Å². The van der Waals surface area contributed by atoms with Crippen LogP contribution in [-0.4, -0.2) is 0 Å². The summed E-state index contributed by atoms with van der Waals surface area (Å²) in [5, 5.41) is 0. The van der Waals surface area contributed by atoms with E-state index in [0.717, 1.165) is 0 Å². The van der Waals surface area contributed by atoms with E-state index in [1.54, 1.807) is 0 Å². The van der Waals surface area contributed by atoms with Crippen molar-refractivity contribution < 1.29 is 0 Å². The van der Waals surface area contributed by atoms with Gasteiger partial charge >= 0.3 is 0 Å². The van der Waals surface area contributed by atoms with Gasteiger partial charge in [0, 0.05) is 0 Å². The average Bonchev–Trinajstić information content (AvgIpc) is 2.28. The Morgan fingerprint density at radius 2 is 1.87 bits per heavy atom. The van der Waals surface area contributed by atoms with E-state index in [-0.39, 0.29) is 0 Å². The van der Waals surface area contributed by atoms with Crippen LogP contribution in [0.15, 0.2) is 42.5 Å². The molecule has 0 bridgehead atoms. The minimum atomic E-state index is 0.411. The lowest BCUT2D eigenvalue weighted by Crippen LogP contribution is -2.17. The molecule has 1 unspecified atom stereocenters. The largest absolute Gasteiger partial charge is 0.0916 e. The summed E-state index contributed by atoms with van der Waals surface area (Å²) in [5.41, 5.74) is 1.86. The van der Waals surface area contributed by atoms with Crippen molar-refractivity contribution in [3.05, 3.63) is 48.0 Å². The third-order valence-electron chi connectivity index (χ3n) is 3.17. The second kappa shape index (κ2) is 5.75. The van der Waals surface area contributed by atoms with Crippen LogP contribution in [0.1, 0.15) is 39.2 Å². The first-order chi connectivity index (χ1) is 7.20. The van der Waals surface area contributed by atoms with Crippen molar-refractivity contribution in [2.75, 3.05) is 0 Å². The lowest BCUT2D eigenvalue weighted by atomic mass is 9.78. The smallest absolute Gasteiger partial charge is 0.0222 e. The van der Waals surface area contributed by atoms with E-state index in [9.17, 15) is 0 Å². The van der Waals surface area contributed by atoms with Crippen molar-refractivity contribution in [1.82, 2.24) is 0 Å². The summed E-state index contributed by atoms with van der Waals surface area (Å²) < 4.78 is 0. The van der Waals surface area contributed by atoms with Crippen LogP contribution in [0.4, 0.5) is 0 Å². The number of hydrogen-bond acceptors (Lipinski definition) is 0. The Labute approximate surface area is 94.0 Å². The summed E-state index contributed by atoms with van der Waals surface area (Å²) in [6.45, 7) is 6.75. The van der Waals surface area contributed by atoms with Gasteiger partial charge < -0.3 is 0 Å². The van der Waals surface area contributed by atoms with Crippen LogP contribution >= 0.6 is 0 Å². The van der Waals surface area contributed by atoms with Crippen LogP contribution in [0.5, 0.6) is 0 Å². The third-order valence-corrected chi connectivity index (χ3v) is 3.17. The molecule has 0 saturated carbocycles. The lowest BCUT2D eigenvalue weighted by molar-refractivity contribution is 0.312. The average molecular weight is 202 g/mol. The zero-order valence-corrected chi connectivity index (χ0v) is 10.2. The minimum absolute atomic E-state index is 0.411. The first-order valence-corrected chi connectivity index (χ1v) is 5.85. The second-order valence-electron chi connectivity index (χ2n) is 4.60.